The second-order valence-electron chi connectivity index (χ2n) is 6.33. The van der Waals surface area contributed by atoms with E-state index in [1.54, 1.807) is 12.7 Å². The number of piperidine rings is 1. The Hall–Kier alpha value is -2.02. The molecule has 2 atom stereocenters. The van der Waals surface area contributed by atoms with Crippen LogP contribution in [0.4, 0.5) is 5.82 Å². The Labute approximate surface area is 130 Å². The summed E-state index contributed by atoms with van der Waals surface area (Å²) >= 11 is 0. The van der Waals surface area contributed by atoms with E-state index in [2.05, 4.69) is 36.8 Å². The largest absolute Gasteiger partial charge is 0.353 e. The highest BCUT2D eigenvalue weighted by Crippen LogP contribution is 2.35. The zero-order valence-electron chi connectivity index (χ0n) is 13.3. The Morgan fingerprint density at radius 2 is 1.86 bits per heavy atom. The lowest BCUT2D eigenvalue weighted by Crippen LogP contribution is -2.68. The van der Waals surface area contributed by atoms with E-state index in [4.69, 9.17) is 0 Å². The first-order valence-electron chi connectivity index (χ1n) is 7.75. The van der Waals surface area contributed by atoms with Crippen LogP contribution in [0.25, 0.3) is 0 Å². The average Bonchev–Trinajstić information content (AvgIpc) is 2.93. The molecule has 7 nitrogen and oxygen atoms in total. The molecule has 0 aromatic carbocycles. The highest BCUT2D eigenvalue weighted by molar-refractivity contribution is 5.49. The van der Waals surface area contributed by atoms with Crippen LogP contribution in [0.5, 0.6) is 0 Å². The van der Waals surface area contributed by atoms with Crippen molar-refractivity contribution in [3.63, 3.8) is 0 Å². The normalized spacial score (nSPS) is 24.4. The molecular weight excluding hydrogens is 278 g/mol. The molecule has 0 amide bonds. The number of hydrogen-bond acceptors (Lipinski definition) is 6. The fraction of sp³-hybridized carbons (Fsp3) is 0.600. The number of fused-ring (bicyclic) bond motifs is 2. The number of aryl methyl sites for hydroxylation is 2. The number of nitrogens with zero attached hydrogens (tertiary/aromatic N) is 7. The Morgan fingerprint density at radius 1 is 1.09 bits per heavy atom. The van der Waals surface area contributed by atoms with Crippen LogP contribution in [0.1, 0.15) is 23.5 Å². The van der Waals surface area contributed by atoms with Gasteiger partial charge in [0.15, 0.2) is 0 Å². The van der Waals surface area contributed by atoms with E-state index in [0.717, 1.165) is 37.0 Å². The molecule has 0 radical (unpaired) electrons. The summed E-state index contributed by atoms with van der Waals surface area (Å²) in [5, 5.41) is 4.16. The van der Waals surface area contributed by atoms with E-state index in [1.807, 2.05) is 18.7 Å². The molecule has 3 aliphatic heterocycles. The minimum absolute atomic E-state index is 0.588. The molecule has 2 aromatic heterocycles. The van der Waals surface area contributed by atoms with Crippen molar-refractivity contribution in [1.82, 2.24) is 29.6 Å². The maximum Gasteiger partial charge on any atom is 0.140 e. The molecule has 5 rings (SSSR count). The highest BCUT2D eigenvalue weighted by atomic mass is 15.4. The third-order valence-corrected chi connectivity index (χ3v) is 5.08. The van der Waals surface area contributed by atoms with Gasteiger partial charge >= 0.3 is 0 Å². The maximum absolute atomic E-state index is 4.50. The summed E-state index contributed by atoms with van der Waals surface area (Å²) in [4.78, 5) is 18.1. The molecule has 3 saturated heterocycles. The molecule has 116 valence electrons. The van der Waals surface area contributed by atoms with Crippen LogP contribution in [0, 0.1) is 13.8 Å². The van der Waals surface area contributed by atoms with Gasteiger partial charge in [-0.1, -0.05) is 0 Å². The van der Waals surface area contributed by atoms with Gasteiger partial charge in [-0.3, -0.25) is 9.58 Å². The predicted molar refractivity (Wildman–Crippen MR) is 82.5 cm³/mol. The first kappa shape index (κ1) is 13.6. The molecule has 5 heterocycles. The maximum atomic E-state index is 4.50. The summed E-state index contributed by atoms with van der Waals surface area (Å²) in [5.41, 5.74) is 2.27. The standard InChI is InChI=1S/C15H21N7/c1-10-11(2)16-8-18-15(10)21-5-12-4-13(6-21)22(12)7-14-17-9-19-20(14)3/h8-9,12-13H,4-7H2,1-3H3. The molecule has 2 unspecified atom stereocenters. The lowest BCUT2D eigenvalue weighted by Gasteiger charge is -2.56. The zero-order chi connectivity index (χ0) is 15.3. The Balaban J connectivity index is 1.48. The Bertz CT molecular complexity index is 683. The number of piperazine rings is 1. The molecule has 22 heavy (non-hydrogen) atoms. The van der Waals surface area contributed by atoms with E-state index < -0.39 is 0 Å². The first-order chi connectivity index (χ1) is 10.6. The van der Waals surface area contributed by atoms with Gasteiger partial charge in [-0.2, -0.15) is 5.10 Å². The van der Waals surface area contributed by atoms with Crippen LogP contribution in [0.3, 0.4) is 0 Å². The van der Waals surface area contributed by atoms with Crippen LogP contribution < -0.4 is 4.90 Å². The van der Waals surface area contributed by atoms with Crippen molar-refractivity contribution in [2.45, 2.75) is 38.9 Å². The van der Waals surface area contributed by atoms with Crippen molar-refractivity contribution >= 4 is 5.82 Å². The van der Waals surface area contributed by atoms with Gasteiger partial charge in [-0.25, -0.2) is 15.0 Å². The lowest BCUT2D eigenvalue weighted by atomic mass is 9.87. The molecule has 3 aliphatic rings. The van der Waals surface area contributed by atoms with Gasteiger partial charge < -0.3 is 4.90 Å². The average molecular weight is 299 g/mol. The van der Waals surface area contributed by atoms with Crippen LogP contribution in [0.15, 0.2) is 12.7 Å². The second-order valence-corrected chi connectivity index (χ2v) is 6.33. The van der Waals surface area contributed by atoms with Crippen molar-refractivity contribution < 1.29 is 0 Å². The minimum atomic E-state index is 0.588. The first-order valence-corrected chi connectivity index (χ1v) is 7.75. The summed E-state index contributed by atoms with van der Waals surface area (Å²) < 4.78 is 1.86. The minimum Gasteiger partial charge on any atom is -0.353 e. The van der Waals surface area contributed by atoms with Gasteiger partial charge in [0.1, 0.15) is 24.3 Å². The zero-order valence-corrected chi connectivity index (χ0v) is 13.3. The van der Waals surface area contributed by atoms with Gasteiger partial charge in [0.25, 0.3) is 0 Å². The quantitative estimate of drug-likeness (QED) is 0.831. The summed E-state index contributed by atoms with van der Waals surface area (Å²) in [6.45, 7) is 7.12. The number of hydrogen-bond donors (Lipinski definition) is 0. The molecule has 2 bridgehead atoms. The summed E-state index contributed by atoms with van der Waals surface area (Å²) in [5.74, 6) is 2.14. The second kappa shape index (κ2) is 5.01. The van der Waals surface area contributed by atoms with Gasteiger partial charge in [0, 0.05) is 43.5 Å². The fourth-order valence-corrected chi connectivity index (χ4v) is 3.59. The van der Waals surface area contributed by atoms with Crippen molar-refractivity contribution in [2.75, 3.05) is 18.0 Å². The van der Waals surface area contributed by atoms with Gasteiger partial charge in [-0.15, -0.1) is 0 Å². The van der Waals surface area contributed by atoms with Gasteiger partial charge in [0.2, 0.25) is 0 Å². The third kappa shape index (κ3) is 2.08. The topological polar surface area (TPSA) is 63.0 Å². The van der Waals surface area contributed by atoms with Crippen LogP contribution in [-0.2, 0) is 13.6 Å². The lowest BCUT2D eigenvalue weighted by molar-refractivity contribution is -0.0116. The van der Waals surface area contributed by atoms with Crippen molar-refractivity contribution in [1.29, 1.82) is 0 Å². The SMILES string of the molecule is Cc1ncnc(N2CC3CC(C2)N3Cc2ncnn2C)c1C. The monoisotopic (exact) mass is 299 g/mol. The van der Waals surface area contributed by atoms with Gasteiger partial charge in [0.05, 0.1) is 6.54 Å². The van der Waals surface area contributed by atoms with E-state index in [1.165, 1.54) is 12.0 Å². The van der Waals surface area contributed by atoms with Crippen LogP contribution >= 0.6 is 0 Å². The molecule has 0 spiro atoms. The summed E-state index contributed by atoms with van der Waals surface area (Å²) in [7, 11) is 1.96. The smallest absolute Gasteiger partial charge is 0.140 e. The predicted octanol–water partition coefficient (Wildman–Crippen LogP) is 0.685. The summed E-state index contributed by atoms with van der Waals surface area (Å²) in [6.07, 6.45) is 4.58. The molecule has 7 heteroatoms. The van der Waals surface area contributed by atoms with Crippen molar-refractivity contribution in [3.05, 3.63) is 29.7 Å². The van der Waals surface area contributed by atoms with E-state index in [9.17, 15) is 0 Å². The molecule has 0 saturated carbocycles. The Morgan fingerprint density at radius 3 is 2.55 bits per heavy atom. The van der Waals surface area contributed by atoms with Crippen molar-refractivity contribution in [3.8, 4) is 0 Å². The number of aromatic nitrogens is 5. The van der Waals surface area contributed by atoms with Crippen LogP contribution in [-0.4, -0.2) is 54.8 Å². The fourth-order valence-electron chi connectivity index (χ4n) is 3.59. The highest BCUT2D eigenvalue weighted by Gasteiger charge is 2.45. The molecule has 3 fully saturated rings. The third-order valence-electron chi connectivity index (χ3n) is 5.08. The summed E-state index contributed by atoms with van der Waals surface area (Å²) in [6, 6.07) is 1.18. The molecule has 2 aromatic rings. The molecule has 0 aliphatic carbocycles. The molecular formula is C15H21N7. The molecule has 0 N–H and O–H groups in total. The van der Waals surface area contributed by atoms with E-state index in [0.29, 0.717) is 12.1 Å². The van der Waals surface area contributed by atoms with Crippen LogP contribution in [0.2, 0.25) is 0 Å². The van der Waals surface area contributed by atoms with E-state index >= 15 is 0 Å². The van der Waals surface area contributed by atoms with E-state index in [-0.39, 0.29) is 0 Å². The number of anilines is 1. The Kier molecular flexibility index (Phi) is 3.11. The van der Waals surface area contributed by atoms with Crippen molar-refractivity contribution in [2.24, 2.45) is 7.05 Å². The van der Waals surface area contributed by atoms with Gasteiger partial charge in [-0.05, 0) is 20.3 Å². The number of rotatable bonds is 3.